The Hall–Kier alpha value is -2.48. The molecule has 0 aliphatic heterocycles. The molecule has 0 bridgehead atoms. The van der Waals surface area contributed by atoms with Crippen molar-refractivity contribution in [3.63, 3.8) is 0 Å². The molecule has 0 spiro atoms. The third-order valence-corrected chi connectivity index (χ3v) is 6.42. The van der Waals surface area contributed by atoms with Gasteiger partial charge in [-0.25, -0.2) is 0 Å². The van der Waals surface area contributed by atoms with Crippen molar-refractivity contribution in [1.82, 2.24) is 15.5 Å². The van der Waals surface area contributed by atoms with Crippen LogP contribution < -0.4 is 15.4 Å². The zero-order chi connectivity index (χ0) is 22.8. The van der Waals surface area contributed by atoms with E-state index in [1.165, 1.54) is 11.3 Å². The average molecular weight is 447 g/mol. The quantitative estimate of drug-likeness (QED) is 0.484. The van der Waals surface area contributed by atoms with E-state index in [4.69, 9.17) is 4.74 Å². The van der Waals surface area contributed by atoms with Gasteiger partial charge < -0.3 is 10.1 Å². The van der Waals surface area contributed by atoms with Crippen LogP contribution in [-0.2, 0) is 9.59 Å². The molecule has 0 aliphatic carbocycles. The summed E-state index contributed by atoms with van der Waals surface area (Å²) in [6.07, 6.45) is 4.43. The Morgan fingerprint density at radius 3 is 2.55 bits per heavy atom. The fourth-order valence-corrected chi connectivity index (χ4v) is 4.02. The van der Waals surface area contributed by atoms with Crippen molar-refractivity contribution < 1.29 is 14.3 Å². The number of amides is 2. The van der Waals surface area contributed by atoms with E-state index in [0.717, 1.165) is 43.4 Å². The van der Waals surface area contributed by atoms with Gasteiger partial charge in [-0.2, -0.15) is 0 Å². The topological polar surface area (TPSA) is 93.2 Å². The van der Waals surface area contributed by atoms with Crippen LogP contribution in [0.3, 0.4) is 0 Å². The summed E-state index contributed by atoms with van der Waals surface area (Å²) in [5.74, 6) is 0.345. The molecule has 3 unspecified atom stereocenters. The van der Waals surface area contributed by atoms with Crippen LogP contribution in [0.4, 0.5) is 5.13 Å². The number of aromatic nitrogens is 2. The van der Waals surface area contributed by atoms with Gasteiger partial charge in [0.25, 0.3) is 0 Å². The molecule has 2 N–H and O–H groups in total. The Balaban J connectivity index is 2.10. The highest BCUT2D eigenvalue weighted by Crippen LogP contribution is 2.29. The second-order valence-corrected chi connectivity index (χ2v) is 8.73. The molecule has 2 amide bonds. The number of anilines is 1. The average Bonchev–Trinajstić information content (AvgIpc) is 3.25. The molecule has 170 valence electrons. The SMILES string of the molecule is CCCCC(CC)C(=O)NC(C(=O)Nc1nnc(-c2cccc(OC)c2)s1)C(C)CC. The van der Waals surface area contributed by atoms with E-state index in [-0.39, 0.29) is 23.7 Å². The molecule has 7 nitrogen and oxygen atoms in total. The summed E-state index contributed by atoms with van der Waals surface area (Å²) >= 11 is 1.29. The largest absolute Gasteiger partial charge is 0.497 e. The minimum absolute atomic E-state index is 0.00147. The van der Waals surface area contributed by atoms with Gasteiger partial charge in [0.05, 0.1) is 7.11 Å². The van der Waals surface area contributed by atoms with Crippen LogP contribution in [0.2, 0.25) is 0 Å². The van der Waals surface area contributed by atoms with Crippen LogP contribution in [-0.4, -0.2) is 35.2 Å². The Morgan fingerprint density at radius 1 is 1.13 bits per heavy atom. The highest BCUT2D eigenvalue weighted by atomic mass is 32.1. The molecule has 2 rings (SSSR count). The molecular weight excluding hydrogens is 412 g/mol. The third-order valence-electron chi connectivity index (χ3n) is 5.53. The lowest BCUT2D eigenvalue weighted by atomic mass is 9.94. The maximum atomic E-state index is 13.0. The Morgan fingerprint density at radius 2 is 1.90 bits per heavy atom. The first kappa shape index (κ1) is 24.8. The van der Waals surface area contributed by atoms with E-state index in [1.807, 2.05) is 45.0 Å². The van der Waals surface area contributed by atoms with Gasteiger partial charge in [-0.3, -0.25) is 14.9 Å². The van der Waals surface area contributed by atoms with E-state index in [0.29, 0.717) is 10.1 Å². The first-order valence-electron chi connectivity index (χ1n) is 11.0. The van der Waals surface area contributed by atoms with Crippen molar-refractivity contribution >= 4 is 28.3 Å². The summed E-state index contributed by atoms with van der Waals surface area (Å²) in [6.45, 7) is 8.11. The molecule has 3 atom stereocenters. The summed E-state index contributed by atoms with van der Waals surface area (Å²) in [5.41, 5.74) is 0.867. The summed E-state index contributed by atoms with van der Waals surface area (Å²) in [6, 6.07) is 6.91. The van der Waals surface area contributed by atoms with Crippen LogP contribution in [0.5, 0.6) is 5.75 Å². The number of ether oxygens (including phenoxy) is 1. The van der Waals surface area contributed by atoms with Crippen LogP contribution in [0, 0.1) is 11.8 Å². The number of hydrogen-bond acceptors (Lipinski definition) is 6. The monoisotopic (exact) mass is 446 g/mol. The van der Waals surface area contributed by atoms with Crippen LogP contribution >= 0.6 is 11.3 Å². The smallest absolute Gasteiger partial charge is 0.249 e. The molecule has 2 aromatic rings. The van der Waals surface area contributed by atoms with E-state index in [2.05, 4.69) is 27.8 Å². The minimum atomic E-state index is -0.614. The molecule has 0 saturated carbocycles. The third kappa shape index (κ3) is 7.02. The number of carbonyl (C=O) groups excluding carboxylic acids is 2. The highest BCUT2D eigenvalue weighted by Gasteiger charge is 2.29. The number of unbranched alkanes of at least 4 members (excludes halogenated alkanes) is 1. The standard InChI is InChI=1S/C23H34N4O3S/c1-6-9-11-16(8-3)20(28)24-19(15(4)7-2)21(29)25-23-27-26-22(31-23)17-12-10-13-18(14-17)30-5/h10,12-16,19H,6-9,11H2,1-5H3,(H,24,28)(H,25,27,29). The number of nitrogens with zero attached hydrogens (tertiary/aromatic N) is 2. The molecule has 1 aromatic heterocycles. The van der Waals surface area contributed by atoms with Gasteiger partial charge >= 0.3 is 0 Å². The van der Waals surface area contributed by atoms with Gasteiger partial charge in [-0.15, -0.1) is 10.2 Å². The molecule has 0 fully saturated rings. The second-order valence-electron chi connectivity index (χ2n) is 7.75. The number of rotatable bonds is 12. The molecule has 0 saturated heterocycles. The zero-order valence-electron chi connectivity index (χ0n) is 19.1. The maximum absolute atomic E-state index is 13.0. The van der Waals surface area contributed by atoms with E-state index in [9.17, 15) is 9.59 Å². The Labute approximate surface area is 189 Å². The van der Waals surface area contributed by atoms with E-state index >= 15 is 0 Å². The first-order valence-corrected chi connectivity index (χ1v) is 11.8. The van der Waals surface area contributed by atoms with Gasteiger partial charge in [-0.1, -0.05) is 70.4 Å². The van der Waals surface area contributed by atoms with Crippen LogP contribution in [0.1, 0.15) is 59.8 Å². The fraction of sp³-hybridized carbons (Fsp3) is 0.565. The first-order chi connectivity index (χ1) is 14.9. The summed E-state index contributed by atoms with van der Waals surface area (Å²) in [4.78, 5) is 25.8. The van der Waals surface area contributed by atoms with E-state index in [1.54, 1.807) is 7.11 Å². The number of benzene rings is 1. The number of nitrogens with one attached hydrogen (secondary N) is 2. The molecular formula is C23H34N4O3S. The molecule has 31 heavy (non-hydrogen) atoms. The Bertz CT molecular complexity index is 855. The maximum Gasteiger partial charge on any atom is 0.249 e. The van der Waals surface area contributed by atoms with Crippen molar-refractivity contribution in [3.05, 3.63) is 24.3 Å². The van der Waals surface area contributed by atoms with Crippen molar-refractivity contribution in [2.45, 2.75) is 65.8 Å². The van der Waals surface area contributed by atoms with Gasteiger partial charge in [0.1, 0.15) is 16.8 Å². The molecule has 8 heteroatoms. The van der Waals surface area contributed by atoms with Gasteiger partial charge in [-0.05, 0) is 30.9 Å². The van der Waals surface area contributed by atoms with E-state index < -0.39 is 6.04 Å². The Kier molecular flexibility index (Phi) is 9.91. The lowest BCUT2D eigenvalue weighted by Crippen LogP contribution is -2.49. The van der Waals surface area contributed by atoms with Gasteiger partial charge in [0.2, 0.25) is 16.9 Å². The van der Waals surface area contributed by atoms with Crippen LogP contribution in [0.25, 0.3) is 10.6 Å². The summed E-state index contributed by atoms with van der Waals surface area (Å²) < 4.78 is 5.25. The van der Waals surface area contributed by atoms with Crippen LogP contribution in [0.15, 0.2) is 24.3 Å². The highest BCUT2D eigenvalue weighted by molar-refractivity contribution is 7.18. The normalized spacial score (nSPS) is 13.8. The molecule has 0 radical (unpaired) electrons. The number of hydrogen-bond donors (Lipinski definition) is 2. The van der Waals surface area contributed by atoms with Crippen molar-refractivity contribution in [3.8, 4) is 16.3 Å². The second kappa shape index (κ2) is 12.4. The van der Waals surface area contributed by atoms with Gasteiger partial charge in [0, 0.05) is 11.5 Å². The van der Waals surface area contributed by atoms with Crippen molar-refractivity contribution in [2.75, 3.05) is 12.4 Å². The predicted octanol–water partition coefficient (Wildman–Crippen LogP) is 4.90. The predicted molar refractivity (Wildman–Crippen MR) is 125 cm³/mol. The molecule has 0 aliphatic rings. The van der Waals surface area contributed by atoms with Gasteiger partial charge in [0.15, 0.2) is 0 Å². The van der Waals surface area contributed by atoms with Crippen molar-refractivity contribution in [2.24, 2.45) is 11.8 Å². The summed E-state index contributed by atoms with van der Waals surface area (Å²) in [5, 5.41) is 15.2. The zero-order valence-corrected chi connectivity index (χ0v) is 19.9. The number of methoxy groups -OCH3 is 1. The fourth-order valence-electron chi connectivity index (χ4n) is 3.27. The molecule has 1 heterocycles. The van der Waals surface area contributed by atoms with Crippen molar-refractivity contribution in [1.29, 1.82) is 0 Å². The summed E-state index contributed by atoms with van der Waals surface area (Å²) in [7, 11) is 1.61. The lowest BCUT2D eigenvalue weighted by molar-refractivity contribution is -0.130. The number of carbonyl (C=O) groups is 2. The minimum Gasteiger partial charge on any atom is -0.497 e. The lowest BCUT2D eigenvalue weighted by Gasteiger charge is -2.25. The molecule has 1 aromatic carbocycles.